The highest BCUT2D eigenvalue weighted by molar-refractivity contribution is 8.01. The van der Waals surface area contributed by atoms with E-state index in [2.05, 4.69) is 5.32 Å². The normalized spacial score (nSPS) is 24.4. The van der Waals surface area contributed by atoms with Crippen molar-refractivity contribution in [1.29, 1.82) is 0 Å². The van der Waals surface area contributed by atoms with Gasteiger partial charge in [0.1, 0.15) is 17.7 Å². The molecule has 1 N–H and O–H groups in total. The van der Waals surface area contributed by atoms with Crippen LogP contribution in [0, 0.1) is 11.6 Å². The minimum Gasteiger partial charge on any atom is -0.347 e. The van der Waals surface area contributed by atoms with Crippen LogP contribution in [0.25, 0.3) is 0 Å². The molecule has 0 saturated carbocycles. The van der Waals surface area contributed by atoms with Crippen molar-refractivity contribution in [2.45, 2.75) is 43.1 Å². The lowest BCUT2D eigenvalue weighted by molar-refractivity contribution is -0.138. The second-order valence-corrected chi connectivity index (χ2v) is 9.22. The summed E-state index contributed by atoms with van der Waals surface area (Å²) in [5, 5.41) is 2.99. The first-order valence-electron chi connectivity index (χ1n) is 9.62. The van der Waals surface area contributed by atoms with Gasteiger partial charge < -0.3 is 10.2 Å². The van der Waals surface area contributed by atoms with Crippen molar-refractivity contribution < 1.29 is 18.4 Å². The fourth-order valence-corrected chi connectivity index (χ4v) is 5.59. The third-order valence-corrected chi connectivity index (χ3v) is 7.15. The summed E-state index contributed by atoms with van der Waals surface area (Å²) < 4.78 is 27.4. The molecule has 3 atom stereocenters. The van der Waals surface area contributed by atoms with Crippen LogP contribution in [0.15, 0.2) is 48.5 Å². The molecule has 0 aromatic heterocycles. The first kappa shape index (κ1) is 19.9. The van der Waals surface area contributed by atoms with E-state index in [1.807, 2.05) is 6.92 Å². The predicted molar refractivity (Wildman–Crippen MR) is 108 cm³/mol. The van der Waals surface area contributed by atoms with Gasteiger partial charge in [0.05, 0.1) is 10.9 Å². The Labute approximate surface area is 172 Å². The molecule has 0 radical (unpaired) electrons. The molecule has 4 rings (SSSR count). The van der Waals surface area contributed by atoms with Crippen molar-refractivity contribution >= 4 is 23.6 Å². The lowest BCUT2D eigenvalue weighted by Gasteiger charge is -2.31. The molecule has 3 unspecified atom stereocenters. The number of hydrogen-bond acceptors (Lipinski definition) is 3. The van der Waals surface area contributed by atoms with Gasteiger partial charge in [-0.25, -0.2) is 8.78 Å². The third kappa shape index (κ3) is 4.01. The Bertz CT molecular complexity index is 954. The summed E-state index contributed by atoms with van der Waals surface area (Å²) in [6.45, 7) is 1.99. The molecular weight excluding hydrogens is 394 g/mol. The molecular formula is C22H22F2N2O2S. The lowest BCUT2D eigenvalue weighted by atomic mass is 9.98. The second kappa shape index (κ2) is 7.78. The molecule has 2 heterocycles. The summed E-state index contributed by atoms with van der Waals surface area (Å²) in [6, 6.07) is 11.1. The topological polar surface area (TPSA) is 49.4 Å². The number of nitrogens with zero attached hydrogens (tertiary/aromatic N) is 1. The van der Waals surface area contributed by atoms with E-state index >= 15 is 0 Å². The molecule has 0 bridgehead atoms. The Hall–Kier alpha value is -2.41. The van der Waals surface area contributed by atoms with E-state index in [0.29, 0.717) is 29.7 Å². The summed E-state index contributed by atoms with van der Waals surface area (Å²) in [6.07, 6.45) is 1.50. The molecule has 2 aromatic carbocycles. The van der Waals surface area contributed by atoms with Gasteiger partial charge in [0.25, 0.3) is 0 Å². The molecule has 4 nitrogen and oxygen atoms in total. The van der Waals surface area contributed by atoms with E-state index in [0.717, 1.165) is 6.42 Å². The van der Waals surface area contributed by atoms with E-state index in [1.165, 1.54) is 24.3 Å². The number of benzene rings is 2. The number of nitrogens with one attached hydrogen (secondary N) is 1. The Morgan fingerprint density at radius 1 is 1.24 bits per heavy atom. The van der Waals surface area contributed by atoms with E-state index in [9.17, 15) is 18.4 Å². The molecule has 152 valence electrons. The Balaban J connectivity index is 1.58. The summed E-state index contributed by atoms with van der Waals surface area (Å²) in [4.78, 5) is 26.8. The van der Waals surface area contributed by atoms with E-state index in [1.54, 1.807) is 40.9 Å². The monoisotopic (exact) mass is 416 g/mol. The van der Waals surface area contributed by atoms with Crippen LogP contribution in [0.1, 0.15) is 36.9 Å². The minimum atomic E-state index is -0.552. The molecule has 2 aliphatic rings. The van der Waals surface area contributed by atoms with Crippen molar-refractivity contribution in [3.8, 4) is 0 Å². The zero-order valence-electron chi connectivity index (χ0n) is 16.0. The summed E-state index contributed by atoms with van der Waals surface area (Å²) in [7, 11) is 0. The zero-order chi connectivity index (χ0) is 20.6. The molecule has 29 heavy (non-hydrogen) atoms. The Morgan fingerprint density at radius 2 is 1.97 bits per heavy atom. The fraction of sp³-hybridized carbons (Fsp3) is 0.364. The van der Waals surface area contributed by atoms with Crippen molar-refractivity contribution in [2.75, 3.05) is 5.75 Å². The minimum absolute atomic E-state index is 0.00918. The maximum atomic E-state index is 13.8. The number of rotatable bonds is 5. The summed E-state index contributed by atoms with van der Waals surface area (Å²) >= 11 is 1.62. The molecule has 7 heteroatoms. The highest BCUT2D eigenvalue weighted by Gasteiger charge is 2.53. The van der Waals surface area contributed by atoms with Gasteiger partial charge in [0.2, 0.25) is 11.8 Å². The highest BCUT2D eigenvalue weighted by Crippen LogP contribution is 2.47. The zero-order valence-corrected chi connectivity index (χ0v) is 16.8. The fourth-order valence-electron chi connectivity index (χ4n) is 4.16. The number of carbonyl (C=O) groups is 2. The molecule has 2 aromatic rings. The third-order valence-electron chi connectivity index (χ3n) is 5.64. The Kier molecular flexibility index (Phi) is 5.34. The van der Waals surface area contributed by atoms with Gasteiger partial charge in [-0.05, 0) is 55.2 Å². The summed E-state index contributed by atoms with van der Waals surface area (Å²) in [5.74, 6) is -0.506. The largest absolute Gasteiger partial charge is 0.347 e. The van der Waals surface area contributed by atoms with Crippen molar-refractivity contribution in [3.63, 3.8) is 0 Å². The lowest BCUT2D eigenvalue weighted by Crippen LogP contribution is -2.50. The second-order valence-electron chi connectivity index (χ2n) is 7.72. The van der Waals surface area contributed by atoms with E-state index in [-0.39, 0.29) is 22.5 Å². The van der Waals surface area contributed by atoms with Gasteiger partial charge in [-0.3, -0.25) is 9.59 Å². The van der Waals surface area contributed by atoms with Gasteiger partial charge in [-0.15, -0.1) is 11.8 Å². The van der Waals surface area contributed by atoms with Crippen LogP contribution in [0.4, 0.5) is 8.78 Å². The highest BCUT2D eigenvalue weighted by atomic mass is 32.2. The van der Waals surface area contributed by atoms with Crippen LogP contribution in [-0.2, 0) is 16.0 Å². The maximum absolute atomic E-state index is 13.8. The average molecular weight is 416 g/mol. The number of carbonyl (C=O) groups excluding carboxylic acids is 2. The van der Waals surface area contributed by atoms with Gasteiger partial charge in [-0.2, -0.15) is 0 Å². The molecule has 2 amide bonds. The molecule has 0 aliphatic carbocycles. The standard InChI is InChI=1S/C22H22F2N2O2S/c1-22-9-8-20(27)26(22)19(13-29-22)21(28)25-18(15-5-3-7-17(24)12-15)11-14-4-2-6-16(23)10-14/h2-7,10,12,18-19H,8-9,11,13H2,1H3,(H,25,28). The number of halogens is 2. The van der Waals surface area contributed by atoms with Gasteiger partial charge in [0, 0.05) is 12.2 Å². The Morgan fingerprint density at radius 3 is 2.69 bits per heavy atom. The van der Waals surface area contributed by atoms with Crippen molar-refractivity contribution in [2.24, 2.45) is 0 Å². The summed E-state index contributed by atoms with van der Waals surface area (Å²) in [5.41, 5.74) is 1.30. The van der Waals surface area contributed by atoms with E-state index in [4.69, 9.17) is 0 Å². The van der Waals surface area contributed by atoms with Gasteiger partial charge in [-0.1, -0.05) is 24.3 Å². The van der Waals surface area contributed by atoms with Crippen LogP contribution < -0.4 is 5.32 Å². The number of amides is 2. The average Bonchev–Trinajstić information content (AvgIpc) is 3.17. The molecule has 0 spiro atoms. The SMILES string of the molecule is CC12CCC(=O)N1C(C(=O)NC(Cc1cccc(F)c1)c1cccc(F)c1)CS2. The van der Waals surface area contributed by atoms with Gasteiger partial charge >= 0.3 is 0 Å². The van der Waals surface area contributed by atoms with Crippen LogP contribution in [0.5, 0.6) is 0 Å². The van der Waals surface area contributed by atoms with Crippen LogP contribution >= 0.6 is 11.8 Å². The van der Waals surface area contributed by atoms with Crippen LogP contribution in [0.3, 0.4) is 0 Å². The molecule has 2 aliphatic heterocycles. The number of thioether (sulfide) groups is 1. The van der Waals surface area contributed by atoms with Gasteiger partial charge in [0.15, 0.2) is 0 Å². The quantitative estimate of drug-likeness (QED) is 0.806. The van der Waals surface area contributed by atoms with Crippen LogP contribution in [-0.4, -0.2) is 33.4 Å². The predicted octanol–water partition coefficient (Wildman–Crippen LogP) is 3.82. The van der Waals surface area contributed by atoms with Crippen molar-refractivity contribution in [1.82, 2.24) is 10.2 Å². The number of fused-ring (bicyclic) bond motifs is 1. The first-order chi connectivity index (χ1) is 13.9. The maximum Gasteiger partial charge on any atom is 0.244 e. The first-order valence-corrected chi connectivity index (χ1v) is 10.6. The van der Waals surface area contributed by atoms with Crippen molar-refractivity contribution in [3.05, 3.63) is 71.3 Å². The smallest absolute Gasteiger partial charge is 0.244 e. The molecule has 2 saturated heterocycles. The molecule has 2 fully saturated rings. The van der Waals surface area contributed by atoms with Crippen LogP contribution in [0.2, 0.25) is 0 Å². The van der Waals surface area contributed by atoms with E-state index < -0.39 is 17.9 Å². The number of hydrogen-bond donors (Lipinski definition) is 1.